The summed E-state index contributed by atoms with van der Waals surface area (Å²) in [5.74, 6) is 0.853. The van der Waals surface area contributed by atoms with E-state index >= 15 is 0 Å². The van der Waals surface area contributed by atoms with E-state index in [1.54, 1.807) is 0 Å². The van der Waals surface area contributed by atoms with Gasteiger partial charge < -0.3 is 0 Å². The van der Waals surface area contributed by atoms with Crippen molar-refractivity contribution in [2.75, 3.05) is 0 Å². The molecule has 0 bridgehead atoms. The van der Waals surface area contributed by atoms with Gasteiger partial charge in [0, 0.05) is 12.0 Å². The second kappa shape index (κ2) is 10.0. The van der Waals surface area contributed by atoms with Gasteiger partial charge in [0.05, 0.1) is 0 Å². The molecule has 0 aromatic heterocycles. The lowest BCUT2D eigenvalue weighted by molar-refractivity contribution is 0.0935. The van der Waals surface area contributed by atoms with Gasteiger partial charge in [-0.1, -0.05) is 81.3 Å². The highest BCUT2D eigenvalue weighted by atomic mass is 16.1. The van der Waals surface area contributed by atoms with Crippen LogP contribution < -0.4 is 0 Å². The normalized spacial score (nSPS) is 22.1. The Kier molecular flexibility index (Phi) is 7.48. The maximum atomic E-state index is 12.6. The van der Waals surface area contributed by atoms with Crippen molar-refractivity contribution < 1.29 is 4.79 Å². The van der Waals surface area contributed by atoms with Gasteiger partial charge in [-0.2, -0.15) is 0 Å². The van der Waals surface area contributed by atoms with Crippen molar-refractivity contribution in [3.05, 3.63) is 71.3 Å². The zero-order valence-electron chi connectivity index (χ0n) is 17.8. The van der Waals surface area contributed by atoms with E-state index in [0.717, 1.165) is 5.56 Å². The molecule has 150 valence electrons. The van der Waals surface area contributed by atoms with Crippen LogP contribution in [0.2, 0.25) is 0 Å². The van der Waals surface area contributed by atoms with Crippen LogP contribution in [0.15, 0.2) is 54.6 Å². The number of ketones is 1. The van der Waals surface area contributed by atoms with E-state index in [9.17, 15) is 4.79 Å². The predicted molar refractivity (Wildman–Crippen MR) is 119 cm³/mol. The molecule has 2 aromatic carbocycles. The number of rotatable bonds is 9. The molecule has 0 radical (unpaired) electrons. The summed E-state index contributed by atoms with van der Waals surface area (Å²) in [6, 6.07) is 19.3. The second-order valence-electron chi connectivity index (χ2n) is 8.72. The monoisotopic (exact) mass is 376 g/mol. The molecule has 1 fully saturated rings. The van der Waals surface area contributed by atoms with Gasteiger partial charge in [-0.25, -0.2) is 0 Å². The van der Waals surface area contributed by atoms with Crippen LogP contribution in [0.5, 0.6) is 0 Å². The number of hydrogen-bond acceptors (Lipinski definition) is 1. The number of carbonyl (C=O) groups excluding carboxylic acids is 1. The Morgan fingerprint density at radius 2 is 1.61 bits per heavy atom. The Morgan fingerprint density at radius 1 is 0.929 bits per heavy atom. The lowest BCUT2D eigenvalue weighted by atomic mass is 9.64. The summed E-state index contributed by atoms with van der Waals surface area (Å²) in [6.07, 6.45) is 11.8. The summed E-state index contributed by atoms with van der Waals surface area (Å²) in [7, 11) is 0. The van der Waals surface area contributed by atoms with Crippen LogP contribution in [0.1, 0.15) is 93.1 Å². The Morgan fingerprint density at radius 3 is 2.21 bits per heavy atom. The van der Waals surface area contributed by atoms with Crippen LogP contribution in [0, 0.1) is 5.92 Å². The smallest absolute Gasteiger partial charge is 0.163 e. The number of benzene rings is 2. The fraction of sp³-hybridized carbons (Fsp3) is 0.519. The SMILES string of the molecule is CCCCCc1ccc(C2(CC)CCC(CC(=O)c3ccccc3)CC2)cc1. The third-order valence-corrected chi connectivity index (χ3v) is 6.94. The fourth-order valence-electron chi connectivity index (χ4n) is 4.89. The third-order valence-electron chi connectivity index (χ3n) is 6.94. The van der Waals surface area contributed by atoms with Crippen LogP contribution in [0.25, 0.3) is 0 Å². The van der Waals surface area contributed by atoms with Crippen molar-refractivity contribution in [2.24, 2.45) is 5.92 Å². The highest BCUT2D eigenvalue weighted by Gasteiger charge is 2.35. The number of aryl methyl sites for hydroxylation is 1. The minimum Gasteiger partial charge on any atom is -0.294 e. The Bertz CT molecular complexity index is 721. The van der Waals surface area contributed by atoms with Crippen molar-refractivity contribution in [3.8, 4) is 0 Å². The molecule has 0 atom stereocenters. The van der Waals surface area contributed by atoms with Gasteiger partial charge in [0.25, 0.3) is 0 Å². The zero-order chi connectivity index (χ0) is 19.8. The first kappa shape index (κ1) is 20.8. The Balaban J connectivity index is 1.58. The van der Waals surface area contributed by atoms with Gasteiger partial charge in [0.2, 0.25) is 0 Å². The molecule has 0 spiro atoms. The standard InChI is InChI=1S/C27H36O/c1-3-5-7-10-22-13-15-25(16-14-22)27(4-2)19-17-23(18-20-27)21-26(28)24-11-8-6-9-12-24/h6,8-9,11-16,23H,3-5,7,10,17-21H2,1-2H3. The van der Waals surface area contributed by atoms with Crippen LogP contribution >= 0.6 is 0 Å². The van der Waals surface area contributed by atoms with Crippen molar-refractivity contribution in [2.45, 2.75) is 83.5 Å². The van der Waals surface area contributed by atoms with E-state index in [4.69, 9.17) is 0 Å². The lowest BCUT2D eigenvalue weighted by Crippen LogP contribution is -2.32. The topological polar surface area (TPSA) is 17.1 Å². The summed E-state index contributed by atoms with van der Waals surface area (Å²) in [6.45, 7) is 4.60. The first-order valence-electron chi connectivity index (χ1n) is 11.3. The average molecular weight is 377 g/mol. The Hall–Kier alpha value is -1.89. The minimum atomic E-state index is 0.311. The summed E-state index contributed by atoms with van der Waals surface area (Å²) >= 11 is 0. The van der Waals surface area contributed by atoms with Gasteiger partial charge in [-0.15, -0.1) is 0 Å². The molecule has 0 aliphatic heterocycles. The van der Waals surface area contributed by atoms with Crippen LogP contribution in [-0.2, 0) is 11.8 Å². The first-order chi connectivity index (χ1) is 13.7. The lowest BCUT2D eigenvalue weighted by Gasteiger charge is -2.40. The minimum absolute atomic E-state index is 0.311. The van der Waals surface area contributed by atoms with E-state index in [2.05, 4.69) is 38.1 Å². The molecule has 0 N–H and O–H groups in total. The van der Waals surface area contributed by atoms with Crippen LogP contribution in [0.3, 0.4) is 0 Å². The molecule has 1 heteroatoms. The van der Waals surface area contributed by atoms with Crippen molar-refractivity contribution in [3.63, 3.8) is 0 Å². The van der Waals surface area contributed by atoms with Crippen LogP contribution in [0.4, 0.5) is 0 Å². The largest absolute Gasteiger partial charge is 0.294 e. The molecule has 1 nitrogen and oxygen atoms in total. The van der Waals surface area contributed by atoms with Gasteiger partial charge in [-0.05, 0) is 67.4 Å². The fourth-order valence-corrected chi connectivity index (χ4v) is 4.89. The summed E-state index contributed by atoms with van der Waals surface area (Å²) in [5.41, 5.74) is 4.18. The molecular weight excluding hydrogens is 340 g/mol. The van der Waals surface area contributed by atoms with E-state index in [0.29, 0.717) is 23.5 Å². The van der Waals surface area contributed by atoms with Gasteiger partial charge >= 0.3 is 0 Å². The second-order valence-corrected chi connectivity index (χ2v) is 8.72. The molecular formula is C27H36O. The van der Waals surface area contributed by atoms with E-state index in [-0.39, 0.29) is 0 Å². The highest BCUT2D eigenvalue weighted by molar-refractivity contribution is 5.96. The maximum absolute atomic E-state index is 12.6. The molecule has 2 aromatic rings. The quantitative estimate of drug-likeness (QED) is 0.326. The molecule has 1 aliphatic carbocycles. The average Bonchev–Trinajstić information content (AvgIpc) is 2.76. The number of Topliss-reactive ketones (excluding diaryl/α,β-unsaturated/α-hetero) is 1. The molecule has 0 unspecified atom stereocenters. The van der Waals surface area contributed by atoms with Crippen molar-refractivity contribution in [1.82, 2.24) is 0 Å². The van der Waals surface area contributed by atoms with E-state index in [1.165, 1.54) is 68.9 Å². The summed E-state index contributed by atoms with van der Waals surface area (Å²) in [5, 5.41) is 0. The molecule has 1 saturated carbocycles. The number of hydrogen-bond donors (Lipinski definition) is 0. The maximum Gasteiger partial charge on any atom is 0.163 e. The molecule has 1 aliphatic rings. The molecule has 0 heterocycles. The van der Waals surface area contributed by atoms with Gasteiger partial charge in [-0.3, -0.25) is 4.79 Å². The number of unbranched alkanes of at least 4 members (excludes halogenated alkanes) is 2. The molecule has 0 saturated heterocycles. The number of carbonyl (C=O) groups is 1. The predicted octanol–water partition coefficient (Wildman–Crippen LogP) is 7.53. The summed E-state index contributed by atoms with van der Waals surface area (Å²) in [4.78, 5) is 12.6. The zero-order valence-corrected chi connectivity index (χ0v) is 17.8. The molecule has 0 amide bonds. The highest BCUT2D eigenvalue weighted by Crippen LogP contribution is 2.45. The summed E-state index contributed by atoms with van der Waals surface area (Å²) < 4.78 is 0. The van der Waals surface area contributed by atoms with Gasteiger partial charge in [0.15, 0.2) is 5.78 Å². The third kappa shape index (κ3) is 5.13. The van der Waals surface area contributed by atoms with E-state index < -0.39 is 0 Å². The van der Waals surface area contributed by atoms with Gasteiger partial charge in [0.1, 0.15) is 0 Å². The Labute approximate surface area is 171 Å². The molecule has 28 heavy (non-hydrogen) atoms. The molecule has 3 rings (SSSR count). The van der Waals surface area contributed by atoms with Crippen molar-refractivity contribution >= 4 is 5.78 Å². The first-order valence-corrected chi connectivity index (χ1v) is 11.3. The van der Waals surface area contributed by atoms with E-state index in [1.807, 2.05) is 30.3 Å². The van der Waals surface area contributed by atoms with Crippen LogP contribution in [-0.4, -0.2) is 5.78 Å². The van der Waals surface area contributed by atoms with Crippen molar-refractivity contribution in [1.29, 1.82) is 0 Å².